The fourth-order valence-corrected chi connectivity index (χ4v) is 0. The maximum Gasteiger partial charge on any atom is 1.00 e. The first-order valence-electron chi connectivity index (χ1n) is 0.875. The van der Waals surface area contributed by atoms with Gasteiger partial charge in [0.05, 0.1) is 0 Å². The second-order valence-electron chi connectivity index (χ2n) is 0.191. The molecule has 0 saturated carbocycles. The summed E-state index contributed by atoms with van der Waals surface area (Å²) >= 11 is 6.79. The summed E-state index contributed by atoms with van der Waals surface area (Å²) in [6, 6.07) is 0. The number of nitriles is 2. The van der Waals surface area contributed by atoms with Crippen LogP contribution in [-0.2, 0) is 12.6 Å². The van der Waals surface area contributed by atoms with Crippen LogP contribution in [0.3, 0.4) is 0 Å². The maximum atomic E-state index is 7.18. The van der Waals surface area contributed by atoms with Crippen LogP contribution in [0.2, 0.25) is 0 Å². The van der Waals surface area contributed by atoms with Gasteiger partial charge in [0.15, 0.2) is 0 Å². The predicted molar refractivity (Wildman–Crippen MR) is 32.6 cm³/mol. The minimum atomic E-state index is 0. The summed E-state index contributed by atoms with van der Waals surface area (Å²) in [7, 11) is 0. The zero-order valence-corrected chi connectivity index (χ0v) is 9.29. The first kappa shape index (κ1) is 22.9. The van der Waals surface area contributed by atoms with Crippen molar-refractivity contribution >= 4 is 25.3 Å². The van der Waals surface area contributed by atoms with Gasteiger partial charge in [-0.15, -0.1) is 0 Å². The van der Waals surface area contributed by atoms with Crippen molar-refractivity contribution in [2.75, 3.05) is 0 Å². The molecule has 0 fully saturated rings. The Morgan fingerprint density at radius 2 is 1.38 bits per heavy atom. The van der Waals surface area contributed by atoms with E-state index >= 15 is 0 Å². The summed E-state index contributed by atoms with van der Waals surface area (Å²) in [6.07, 6.45) is 0. The van der Waals surface area contributed by atoms with Gasteiger partial charge in [0.1, 0.15) is 5.40 Å². The monoisotopic (exact) mass is 173 g/mol. The van der Waals surface area contributed by atoms with Crippen LogP contribution in [0.4, 0.5) is 0 Å². The van der Waals surface area contributed by atoms with Crippen LogP contribution in [-0.4, -0.2) is 0 Å². The number of hydrogen-bond donors (Lipinski definition) is 2. The third-order valence-corrected chi connectivity index (χ3v) is 0. The van der Waals surface area contributed by atoms with Gasteiger partial charge in [-0.1, -0.05) is 18.0 Å². The van der Waals surface area contributed by atoms with E-state index in [2.05, 4.69) is 25.3 Å². The van der Waals surface area contributed by atoms with Crippen molar-refractivity contribution in [3.63, 3.8) is 0 Å². The standard InChI is InChI=1S/2CHNS.K.H3N/c2*2-1-3;;/h2*3H;;1H3/q;;+1;/p-1. The summed E-state index contributed by atoms with van der Waals surface area (Å²) in [5, 5.41) is 17.1. The van der Waals surface area contributed by atoms with E-state index in [1.54, 1.807) is 0 Å². The molecule has 0 radical (unpaired) electrons. The number of nitrogens with zero attached hydrogens (tertiary/aromatic N) is 2. The minimum absolute atomic E-state index is 0. The van der Waals surface area contributed by atoms with E-state index in [0.29, 0.717) is 0 Å². The van der Waals surface area contributed by atoms with Gasteiger partial charge in [0.2, 0.25) is 0 Å². The molecule has 0 aromatic carbocycles. The van der Waals surface area contributed by atoms with Gasteiger partial charge in [-0.2, -0.15) is 5.26 Å². The number of hydrogen-bond acceptors (Lipinski definition) is 5. The fourth-order valence-electron chi connectivity index (χ4n) is 0. The molecule has 40 valence electrons. The van der Waals surface area contributed by atoms with Crippen LogP contribution in [0.5, 0.6) is 0 Å². The first-order chi connectivity index (χ1) is 2.83. The Kier molecular flexibility index (Phi) is 120. The molecule has 0 aliphatic rings. The van der Waals surface area contributed by atoms with E-state index in [1.807, 2.05) is 0 Å². The second kappa shape index (κ2) is 42.0. The molecule has 0 bridgehead atoms. The third kappa shape index (κ3) is 205. The molecule has 0 amide bonds. The first-order valence-corrected chi connectivity index (χ1v) is 1.73. The van der Waals surface area contributed by atoms with E-state index in [4.69, 9.17) is 10.5 Å². The van der Waals surface area contributed by atoms with Crippen LogP contribution in [0.25, 0.3) is 0 Å². The number of thiol groups is 1. The fraction of sp³-hybridized carbons (Fsp3) is 0. The Bertz CT molecular complexity index is 70.3. The van der Waals surface area contributed by atoms with E-state index in [-0.39, 0.29) is 57.5 Å². The molecule has 0 aromatic heterocycles. The molecule has 0 aliphatic carbocycles. The molecule has 3 N–H and O–H groups in total. The second-order valence-corrected chi connectivity index (χ2v) is 0.574. The Labute approximate surface area is 102 Å². The van der Waals surface area contributed by atoms with E-state index < -0.39 is 0 Å². The van der Waals surface area contributed by atoms with Crippen molar-refractivity contribution in [2.45, 2.75) is 0 Å². The largest absolute Gasteiger partial charge is 1.00 e. The van der Waals surface area contributed by atoms with Gasteiger partial charge in [-0.3, -0.25) is 0 Å². The molecule has 0 unspecified atom stereocenters. The summed E-state index contributed by atoms with van der Waals surface area (Å²) in [5.41, 5.74) is 0. The quantitative estimate of drug-likeness (QED) is 0.185. The normalized spacial score (nSPS) is 1.88. The average molecular weight is 173 g/mol. The zero-order chi connectivity index (χ0) is 5.41. The molecule has 0 rings (SSSR count). The van der Waals surface area contributed by atoms with Crippen molar-refractivity contribution < 1.29 is 51.4 Å². The molecule has 0 aromatic rings. The minimum Gasteiger partial charge on any atom is -0.696 e. The van der Waals surface area contributed by atoms with Gasteiger partial charge in [-0.25, -0.2) is 5.26 Å². The maximum absolute atomic E-state index is 7.18. The Hall–Kier alpha value is 1.15. The molecule has 6 heteroatoms. The molecular formula is C2H4KN3S2. The van der Waals surface area contributed by atoms with Crippen molar-refractivity contribution in [2.24, 2.45) is 0 Å². The van der Waals surface area contributed by atoms with Gasteiger partial charge in [0, 0.05) is 0 Å². The van der Waals surface area contributed by atoms with Crippen LogP contribution >= 0.6 is 12.6 Å². The van der Waals surface area contributed by atoms with Crippen molar-refractivity contribution in [1.29, 1.82) is 10.5 Å². The molecule has 0 spiro atoms. The summed E-state index contributed by atoms with van der Waals surface area (Å²) in [5.74, 6) is 0. The van der Waals surface area contributed by atoms with E-state index in [9.17, 15) is 0 Å². The molecule has 0 heterocycles. The van der Waals surface area contributed by atoms with Crippen molar-refractivity contribution in [3.05, 3.63) is 0 Å². The predicted octanol–water partition coefficient (Wildman–Crippen LogP) is -2.42. The molecule has 0 saturated heterocycles. The van der Waals surface area contributed by atoms with Gasteiger partial charge in [0.25, 0.3) is 0 Å². The third-order valence-electron chi connectivity index (χ3n) is 0. The summed E-state index contributed by atoms with van der Waals surface area (Å²) < 4.78 is 0. The molecular weight excluding hydrogens is 169 g/mol. The Balaban J connectivity index is -0.0000000160. The molecule has 0 atom stereocenters. The molecule has 0 aliphatic heterocycles. The summed E-state index contributed by atoms with van der Waals surface area (Å²) in [4.78, 5) is 0. The van der Waals surface area contributed by atoms with Crippen molar-refractivity contribution in [1.82, 2.24) is 6.15 Å². The van der Waals surface area contributed by atoms with E-state index in [0.717, 1.165) is 0 Å². The Morgan fingerprint density at radius 1 is 1.38 bits per heavy atom. The van der Waals surface area contributed by atoms with Crippen LogP contribution < -0.4 is 57.5 Å². The van der Waals surface area contributed by atoms with Gasteiger partial charge >= 0.3 is 51.4 Å². The summed E-state index contributed by atoms with van der Waals surface area (Å²) in [6.45, 7) is 0. The van der Waals surface area contributed by atoms with Crippen LogP contribution in [0.15, 0.2) is 0 Å². The number of thiocyanates is 2. The smallest absolute Gasteiger partial charge is 0.696 e. The zero-order valence-electron chi connectivity index (χ0n) is 4.46. The van der Waals surface area contributed by atoms with Gasteiger partial charge in [-0.05, 0) is 0 Å². The molecule has 8 heavy (non-hydrogen) atoms. The van der Waals surface area contributed by atoms with Crippen LogP contribution in [0.1, 0.15) is 0 Å². The average Bonchev–Trinajstić information content (AvgIpc) is 1.39. The van der Waals surface area contributed by atoms with Crippen molar-refractivity contribution in [3.8, 4) is 10.8 Å². The van der Waals surface area contributed by atoms with E-state index in [1.165, 1.54) is 10.8 Å². The number of rotatable bonds is 0. The topological polar surface area (TPSA) is 82.6 Å². The Morgan fingerprint density at radius 3 is 1.38 bits per heavy atom. The SMILES string of the molecule is N.N#CS.N#C[S-].[K+]. The molecule has 3 nitrogen and oxygen atoms in total. The van der Waals surface area contributed by atoms with Gasteiger partial charge < -0.3 is 18.8 Å². The van der Waals surface area contributed by atoms with Crippen LogP contribution in [0, 0.1) is 21.3 Å².